The quantitative estimate of drug-likeness (QED) is 0.909. The minimum absolute atomic E-state index is 0.0709. The standard InChI is InChI=1S/C14H14F3N5O/c1-8-3-9(2)21-11(4-8)22-13(23)20-7-12-18-5-10(6-19-12)14(15,16)17/h3-6H,7H2,1-2H3,(H2,20,21,22,23). The normalized spacial score (nSPS) is 11.2. The third-order valence-electron chi connectivity index (χ3n) is 2.78. The SMILES string of the molecule is Cc1cc(C)nc(NC(=O)NCc2ncc(C(F)(F)F)cn2)c1. The van der Waals surface area contributed by atoms with Crippen molar-refractivity contribution in [1.29, 1.82) is 0 Å². The van der Waals surface area contributed by atoms with Crippen LogP contribution in [0.5, 0.6) is 0 Å². The molecule has 6 nitrogen and oxygen atoms in total. The average molecular weight is 325 g/mol. The molecule has 2 aromatic heterocycles. The molecule has 0 bridgehead atoms. The highest BCUT2D eigenvalue weighted by Gasteiger charge is 2.31. The summed E-state index contributed by atoms with van der Waals surface area (Å²) >= 11 is 0. The Labute approximate surface area is 130 Å². The van der Waals surface area contributed by atoms with Gasteiger partial charge in [-0.25, -0.2) is 19.7 Å². The van der Waals surface area contributed by atoms with E-state index in [0.717, 1.165) is 11.3 Å². The molecule has 23 heavy (non-hydrogen) atoms. The summed E-state index contributed by atoms with van der Waals surface area (Å²) in [5.41, 5.74) is 0.760. The molecule has 0 saturated heterocycles. The number of carbonyl (C=O) groups is 1. The van der Waals surface area contributed by atoms with Crippen LogP contribution < -0.4 is 10.6 Å². The zero-order chi connectivity index (χ0) is 17.0. The highest BCUT2D eigenvalue weighted by atomic mass is 19.4. The van der Waals surface area contributed by atoms with Crippen molar-refractivity contribution >= 4 is 11.8 Å². The van der Waals surface area contributed by atoms with Crippen LogP contribution in [-0.2, 0) is 12.7 Å². The van der Waals surface area contributed by atoms with E-state index in [-0.39, 0.29) is 12.4 Å². The number of carbonyl (C=O) groups excluding carboxylic acids is 1. The third-order valence-corrected chi connectivity index (χ3v) is 2.78. The molecule has 0 aliphatic rings. The summed E-state index contributed by atoms with van der Waals surface area (Å²) in [6.07, 6.45) is -3.14. The molecule has 2 heterocycles. The van der Waals surface area contributed by atoms with Gasteiger partial charge in [0.1, 0.15) is 11.6 Å². The summed E-state index contributed by atoms with van der Waals surface area (Å²) in [5, 5.41) is 4.98. The smallest absolute Gasteiger partial charge is 0.331 e. The molecule has 0 spiro atoms. The fourth-order valence-corrected chi connectivity index (χ4v) is 1.82. The molecule has 0 aromatic carbocycles. The van der Waals surface area contributed by atoms with Gasteiger partial charge in [-0.2, -0.15) is 13.2 Å². The van der Waals surface area contributed by atoms with Crippen molar-refractivity contribution in [3.8, 4) is 0 Å². The van der Waals surface area contributed by atoms with E-state index in [2.05, 4.69) is 25.6 Å². The lowest BCUT2D eigenvalue weighted by atomic mass is 10.2. The first-order valence-corrected chi connectivity index (χ1v) is 6.62. The molecular weight excluding hydrogens is 311 g/mol. The van der Waals surface area contributed by atoms with Gasteiger partial charge >= 0.3 is 12.2 Å². The summed E-state index contributed by atoms with van der Waals surface area (Å²) in [6.45, 7) is 3.56. The van der Waals surface area contributed by atoms with Gasteiger partial charge in [0, 0.05) is 18.1 Å². The third kappa shape index (κ3) is 4.90. The van der Waals surface area contributed by atoms with Crippen molar-refractivity contribution in [3.63, 3.8) is 0 Å². The fraction of sp³-hybridized carbons (Fsp3) is 0.286. The van der Waals surface area contributed by atoms with Gasteiger partial charge in [-0.15, -0.1) is 0 Å². The number of anilines is 1. The van der Waals surface area contributed by atoms with Gasteiger partial charge in [0.05, 0.1) is 12.1 Å². The molecule has 0 aliphatic carbocycles. The molecule has 2 N–H and O–H groups in total. The number of nitrogens with one attached hydrogen (secondary N) is 2. The predicted octanol–water partition coefficient (Wildman–Crippen LogP) is 2.83. The molecule has 0 fully saturated rings. The molecule has 2 amide bonds. The number of alkyl halides is 3. The molecule has 122 valence electrons. The van der Waals surface area contributed by atoms with Crippen LogP contribution in [0.15, 0.2) is 24.5 Å². The van der Waals surface area contributed by atoms with Crippen molar-refractivity contribution < 1.29 is 18.0 Å². The number of halogens is 3. The lowest BCUT2D eigenvalue weighted by Crippen LogP contribution is -2.29. The van der Waals surface area contributed by atoms with Crippen LogP contribution in [0, 0.1) is 13.8 Å². The number of rotatable bonds is 3. The van der Waals surface area contributed by atoms with Gasteiger partial charge in [0.15, 0.2) is 0 Å². The lowest BCUT2D eigenvalue weighted by Gasteiger charge is -2.09. The predicted molar refractivity (Wildman–Crippen MR) is 76.6 cm³/mol. The van der Waals surface area contributed by atoms with E-state index in [4.69, 9.17) is 0 Å². The van der Waals surface area contributed by atoms with Crippen LogP contribution in [0.1, 0.15) is 22.6 Å². The van der Waals surface area contributed by atoms with Crippen molar-refractivity contribution in [2.45, 2.75) is 26.6 Å². The van der Waals surface area contributed by atoms with Crippen molar-refractivity contribution in [2.75, 3.05) is 5.32 Å². The zero-order valence-electron chi connectivity index (χ0n) is 12.4. The first-order valence-electron chi connectivity index (χ1n) is 6.62. The molecule has 0 unspecified atom stereocenters. The van der Waals surface area contributed by atoms with Crippen LogP contribution in [0.2, 0.25) is 0 Å². The summed E-state index contributed by atoms with van der Waals surface area (Å²) in [6, 6.07) is 3.01. The van der Waals surface area contributed by atoms with E-state index in [1.54, 1.807) is 13.0 Å². The van der Waals surface area contributed by atoms with Crippen LogP contribution in [0.3, 0.4) is 0 Å². The average Bonchev–Trinajstić information content (AvgIpc) is 2.43. The molecule has 2 rings (SSSR count). The Morgan fingerprint density at radius 1 is 1.17 bits per heavy atom. The number of hydrogen-bond acceptors (Lipinski definition) is 4. The molecular formula is C14H14F3N5O. The van der Waals surface area contributed by atoms with Gasteiger partial charge in [0.2, 0.25) is 0 Å². The molecule has 9 heteroatoms. The second-order valence-corrected chi connectivity index (χ2v) is 4.86. The van der Waals surface area contributed by atoms with Crippen LogP contribution >= 0.6 is 0 Å². The monoisotopic (exact) mass is 325 g/mol. The van der Waals surface area contributed by atoms with Gasteiger partial charge < -0.3 is 5.32 Å². The van der Waals surface area contributed by atoms with Crippen molar-refractivity contribution in [1.82, 2.24) is 20.3 Å². The van der Waals surface area contributed by atoms with Crippen molar-refractivity contribution in [3.05, 3.63) is 47.2 Å². The zero-order valence-corrected chi connectivity index (χ0v) is 12.4. The number of nitrogens with zero attached hydrogens (tertiary/aromatic N) is 3. The highest BCUT2D eigenvalue weighted by Crippen LogP contribution is 2.27. The van der Waals surface area contributed by atoms with E-state index in [1.807, 2.05) is 13.0 Å². The van der Waals surface area contributed by atoms with Gasteiger partial charge in [-0.05, 0) is 31.5 Å². The Hall–Kier alpha value is -2.71. The van der Waals surface area contributed by atoms with Gasteiger partial charge in [-0.3, -0.25) is 5.32 Å². The number of amides is 2. The Kier molecular flexibility index (Phi) is 4.77. The van der Waals surface area contributed by atoms with E-state index < -0.39 is 17.8 Å². The van der Waals surface area contributed by atoms with Crippen LogP contribution in [-0.4, -0.2) is 21.0 Å². The summed E-state index contributed by atoms with van der Waals surface area (Å²) in [5.74, 6) is 0.454. The Bertz CT molecular complexity index is 680. The Morgan fingerprint density at radius 2 is 1.83 bits per heavy atom. The summed E-state index contributed by atoms with van der Waals surface area (Å²) < 4.78 is 37.1. The number of aryl methyl sites for hydroxylation is 2. The van der Waals surface area contributed by atoms with Crippen molar-refractivity contribution in [2.24, 2.45) is 0 Å². The van der Waals surface area contributed by atoms with Crippen LogP contribution in [0.25, 0.3) is 0 Å². The minimum atomic E-state index is -4.49. The Balaban J connectivity index is 1.91. The van der Waals surface area contributed by atoms with E-state index >= 15 is 0 Å². The summed E-state index contributed by atoms with van der Waals surface area (Å²) in [7, 11) is 0. The topological polar surface area (TPSA) is 79.8 Å². The van der Waals surface area contributed by atoms with E-state index in [9.17, 15) is 18.0 Å². The highest BCUT2D eigenvalue weighted by molar-refractivity contribution is 5.88. The number of pyridine rings is 1. The fourth-order valence-electron chi connectivity index (χ4n) is 1.82. The number of hydrogen-bond donors (Lipinski definition) is 2. The van der Waals surface area contributed by atoms with Crippen LogP contribution in [0.4, 0.5) is 23.8 Å². The van der Waals surface area contributed by atoms with E-state index in [1.165, 1.54) is 0 Å². The first-order chi connectivity index (χ1) is 10.7. The number of aromatic nitrogens is 3. The molecule has 0 radical (unpaired) electrons. The maximum atomic E-state index is 12.4. The molecule has 2 aromatic rings. The van der Waals surface area contributed by atoms with E-state index in [0.29, 0.717) is 18.2 Å². The first kappa shape index (κ1) is 16.7. The van der Waals surface area contributed by atoms with Gasteiger partial charge in [-0.1, -0.05) is 0 Å². The Morgan fingerprint density at radius 3 is 2.39 bits per heavy atom. The second kappa shape index (κ2) is 6.59. The second-order valence-electron chi connectivity index (χ2n) is 4.86. The largest absolute Gasteiger partial charge is 0.419 e. The minimum Gasteiger partial charge on any atom is -0.331 e. The maximum Gasteiger partial charge on any atom is 0.419 e. The number of urea groups is 1. The molecule has 0 saturated carbocycles. The van der Waals surface area contributed by atoms with Gasteiger partial charge in [0.25, 0.3) is 0 Å². The lowest BCUT2D eigenvalue weighted by molar-refractivity contribution is -0.138. The summed E-state index contributed by atoms with van der Waals surface area (Å²) in [4.78, 5) is 23.0. The molecule has 0 atom stereocenters. The molecule has 0 aliphatic heterocycles. The maximum absolute atomic E-state index is 12.4.